The Bertz CT molecular complexity index is 484. The zero-order valence-electron chi connectivity index (χ0n) is 13.7. The Morgan fingerprint density at radius 2 is 1.81 bits per heavy atom. The van der Waals surface area contributed by atoms with Crippen LogP contribution in [0.5, 0.6) is 11.5 Å². The largest absolute Gasteiger partial charge is 0.493 e. The molecule has 0 saturated heterocycles. The van der Waals surface area contributed by atoms with Gasteiger partial charge >= 0.3 is 6.03 Å². The monoisotopic (exact) mass is 294 g/mol. The van der Waals surface area contributed by atoms with Crippen LogP contribution in [0.3, 0.4) is 0 Å². The summed E-state index contributed by atoms with van der Waals surface area (Å²) in [6.45, 7) is 8.53. The Labute approximate surface area is 127 Å². The molecule has 5 nitrogen and oxygen atoms in total. The topological polar surface area (TPSA) is 59.6 Å². The molecule has 0 atom stereocenters. The summed E-state index contributed by atoms with van der Waals surface area (Å²) < 4.78 is 10.6. The van der Waals surface area contributed by atoms with Crippen molar-refractivity contribution in [1.82, 2.24) is 10.6 Å². The summed E-state index contributed by atoms with van der Waals surface area (Å²) in [4.78, 5) is 11.7. The van der Waals surface area contributed by atoms with Crippen molar-refractivity contribution in [2.24, 2.45) is 0 Å². The number of amides is 2. The summed E-state index contributed by atoms with van der Waals surface area (Å²) in [5.74, 6) is 1.39. The number of ether oxygens (including phenoxy) is 2. The predicted molar refractivity (Wildman–Crippen MR) is 84.2 cm³/mol. The highest BCUT2D eigenvalue weighted by Crippen LogP contribution is 2.32. The van der Waals surface area contributed by atoms with Crippen molar-refractivity contribution in [3.8, 4) is 11.5 Å². The lowest BCUT2D eigenvalue weighted by molar-refractivity contribution is 0.236. The fraction of sp³-hybridized carbons (Fsp3) is 0.562. The summed E-state index contributed by atoms with van der Waals surface area (Å²) in [5.41, 5.74) is 0.860. The quantitative estimate of drug-likeness (QED) is 0.848. The third-order valence-electron chi connectivity index (χ3n) is 3.28. The minimum absolute atomic E-state index is 0.120. The molecule has 2 amide bonds. The van der Waals surface area contributed by atoms with Crippen LogP contribution in [0, 0.1) is 0 Å². The average Bonchev–Trinajstić information content (AvgIpc) is 2.43. The van der Waals surface area contributed by atoms with Crippen molar-refractivity contribution >= 4 is 6.03 Å². The van der Waals surface area contributed by atoms with Crippen LogP contribution in [0.15, 0.2) is 18.2 Å². The van der Waals surface area contributed by atoms with Gasteiger partial charge in [0.05, 0.1) is 14.2 Å². The van der Waals surface area contributed by atoms with Gasteiger partial charge in [0.15, 0.2) is 11.5 Å². The lowest BCUT2D eigenvalue weighted by atomic mass is 9.84. The van der Waals surface area contributed by atoms with E-state index in [9.17, 15) is 4.79 Å². The van der Waals surface area contributed by atoms with Gasteiger partial charge in [0.1, 0.15) is 0 Å². The van der Waals surface area contributed by atoms with Crippen LogP contribution in [-0.4, -0.2) is 32.8 Å². The minimum atomic E-state index is -0.214. The van der Waals surface area contributed by atoms with Gasteiger partial charge in [-0.15, -0.1) is 0 Å². The molecule has 21 heavy (non-hydrogen) atoms. The molecule has 0 radical (unpaired) electrons. The first-order valence-corrected chi connectivity index (χ1v) is 7.07. The lowest BCUT2D eigenvalue weighted by Crippen LogP contribution is -2.44. The summed E-state index contributed by atoms with van der Waals surface area (Å²) in [6, 6.07) is 5.78. The zero-order valence-corrected chi connectivity index (χ0v) is 13.7. The SMILES string of the molecule is COc1ccc(C(C)(C)CNC(=O)NC(C)C)cc1OC. The minimum Gasteiger partial charge on any atom is -0.493 e. The third kappa shape index (κ3) is 4.85. The first kappa shape index (κ1) is 17.1. The van der Waals surface area contributed by atoms with Crippen LogP contribution in [-0.2, 0) is 5.41 Å². The first-order chi connectivity index (χ1) is 9.80. The number of urea groups is 1. The van der Waals surface area contributed by atoms with Gasteiger partial charge in [-0.25, -0.2) is 4.79 Å². The average molecular weight is 294 g/mol. The molecule has 1 aromatic carbocycles. The molecule has 0 heterocycles. The number of benzene rings is 1. The molecule has 0 spiro atoms. The Morgan fingerprint density at radius 3 is 2.33 bits per heavy atom. The molecule has 0 aliphatic heterocycles. The molecule has 118 valence electrons. The number of methoxy groups -OCH3 is 2. The van der Waals surface area contributed by atoms with Crippen LogP contribution < -0.4 is 20.1 Å². The molecule has 1 rings (SSSR count). The highest BCUT2D eigenvalue weighted by molar-refractivity contribution is 5.74. The fourth-order valence-corrected chi connectivity index (χ4v) is 1.97. The molecule has 5 heteroatoms. The van der Waals surface area contributed by atoms with E-state index in [2.05, 4.69) is 24.5 Å². The summed E-state index contributed by atoms with van der Waals surface area (Å²) >= 11 is 0. The van der Waals surface area contributed by atoms with E-state index in [1.54, 1.807) is 14.2 Å². The third-order valence-corrected chi connectivity index (χ3v) is 3.28. The van der Waals surface area contributed by atoms with E-state index >= 15 is 0 Å². The smallest absolute Gasteiger partial charge is 0.315 e. The number of hydrogen-bond donors (Lipinski definition) is 2. The Kier molecular flexibility index (Phi) is 5.88. The maximum Gasteiger partial charge on any atom is 0.315 e. The van der Waals surface area contributed by atoms with E-state index in [1.165, 1.54) is 0 Å². The molecule has 0 saturated carbocycles. The fourth-order valence-electron chi connectivity index (χ4n) is 1.97. The second-order valence-corrected chi connectivity index (χ2v) is 5.94. The van der Waals surface area contributed by atoms with E-state index in [0.717, 1.165) is 5.56 Å². The van der Waals surface area contributed by atoms with Crippen molar-refractivity contribution < 1.29 is 14.3 Å². The van der Waals surface area contributed by atoms with Gasteiger partial charge in [0.25, 0.3) is 0 Å². The Morgan fingerprint density at radius 1 is 1.19 bits per heavy atom. The molecule has 1 aromatic rings. The number of carbonyl (C=O) groups excluding carboxylic acids is 1. The molecule has 0 unspecified atom stereocenters. The van der Waals surface area contributed by atoms with Crippen molar-refractivity contribution in [1.29, 1.82) is 0 Å². The molecule has 0 bridgehead atoms. The predicted octanol–water partition coefficient (Wildman–Crippen LogP) is 2.69. The van der Waals surface area contributed by atoms with E-state index in [-0.39, 0.29) is 17.5 Å². The Hall–Kier alpha value is -1.91. The van der Waals surface area contributed by atoms with Gasteiger partial charge in [0, 0.05) is 18.0 Å². The maximum atomic E-state index is 11.7. The van der Waals surface area contributed by atoms with E-state index in [1.807, 2.05) is 32.0 Å². The molecule has 0 aliphatic carbocycles. The van der Waals surface area contributed by atoms with Crippen LogP contribution in [0.1, 0.15) is 33.3 Å². The standard InChI is InChI=1S/C16H26N2O3/c1-11(2)18-15(19)17-10-16(3,4)12-7-8-13(20-5)14(9-12)21-6/h7-9,11H,10H2,1-6H3,(H2,17,18,19). The zero-order chi connectivity index (χ0) is 16.0. The van der Waals surface area contributed by atoms with Gasteiger partial charge in [-0.3, -0.25) is 0 Å². The van der Waals surface area contributed by atoms with Crippen LogP contribution in [0.2, 0.25) is 0 Å². The van der Waals surface area contributed by atoms with Crippen molar-refractivity contribution in [3.63, 3.8) is 0 Å². The summed E-state index contributed by atoms with van der Waals surface area (Å²) in [5, 5.41) is 5.71. The van der Waals surface area contributed by atoms with Crippen LogP contribution in [0.25, 0.3) is 0 Å². The van der Waals surface area contributed by atoms with Crippen LogP contribution in [0.4, 0.5) is 4.79 Å². The summed E-state index contributed by atoms with van der Waals surface area (Å²) in [6.07, 6.45) is 0. The van der Waals surface area contributed by atoms with E-state index < -0.39 is 0 Å². The summed E-state index contributed by atoms with van der Waals surface area (Å²) in [7, 11) is 3.23. The highest BCUT2D eigenvalue weighted by Gasteiger charge is 2.23. The normalized spacial score (nSPS) is 11.2. The molecular formula is C16H26N2O3. The molecule has 0 aromatic heterocycles. The van der Waals surface area contributed by atoms with Crippen LogP contribution >= 0.6 is 0 Å². The van der Waals surface area contributed by atoms with Gasteiger partial charge in [-0.05, 0) is 31.5 Å². The molecule has 2 N–H and O–H groups in total. The maximum absolute atomic E-state index is 11.7. The number of rotatable bonds is 6. The Balaban J connectivity index is 2.80. The second-order valence-electron chi connectivity index (χ2n) is 5.94. The molecule has 0 fully saturated rings. The van der Waals surface area contributed by atoms with Crippen molar-refractivity contribution in [2.75, 3.05) is 20.8 Å². The van der Waals surface area contributed by atoms with E-state index in [4.69, 9.17) is 9.47 Å². The van der Waals surface area contributed by atoms with Crippen molar-refractivity contribution in [2.45, 2.75) is 39.2 Å². The number of nitrogens with one attached hydrogen (secondary N) is 2. The van der Waals surface area contributed by atoms with Gasteiger partial charge < -0.3 is 20.1 Å². The van der Waals surface area contributed by atoms with Gasteiger partial charge in [-0.1, -0.05) is 19.9 Å². The van der Waals surface area contributed by atoms with E-state index in [0.29, 0.717) is 18.0 Å². The molecular weight excluding hydrogens is 268 g/mol. The number of hydrogen-bond acceptors (Lipinski definition) is 3. The number of carbonyl (C=O) groups is 1. The van der Waals surface area contributed by atoms with Crippen molar-refractivity contribution in [3.05, 3.63) is 23.8 Å². The lowest BCUT2D eigenvalue weighted by Gasteiger charge is -2.27. The van der Waals surface area contributed by atoms with Gasteiger partial charge in [0.2, 0.25) is 0 Å². The second kappa shape index (κ2) is 7.20. The first-order valence-electron chi connectivity index (χ1n) is 7.07. The van der Waals surface area contributed by atoms with Gasteiger partial charge in [-0.2, -0.15) is 0 Å². The molecule has 0 aliphatic rings. The highest BCUT2D eigenvalue weighted by atomic mass is 16.5.